The average Bonchev–Trinajstić information content (AvgIpc) is 2.85. The van der Waals surface area contributed by atoms with E-state index in [1.807, 2.05) is 0 Å². The molecular weight excluding hydrogens is 246 g/mol. The van der Waals surface area contributed by atoms with E-state index in [-0.39, 0.29) is 18.0 Å². The first-order chi connectivity index (χ1) is 9.10. The van der Waals surface area contributed by atoms with E-state index >= 15 is 0 Å². The van der Waals surface area contributed by atoms with Crippen molar-refractivity contribution in [1.29, 1.82) is 5.26 Å². The molecule has 1 fully saturated rings. The molecule has 1 aromatic rings. The molecule has 2 rings (SSSR count). The number of hydrogen-bond acceptors (Lipinski definition) is 5. The standard InChI is InChI=1S/C12H17N5O2/c1-8(11-15-9(2)16-19-11)14-12(18)17-5-3-10(7-13)4-6-17/h8,10H,3-6H2,1-2H3,(H,14,18)/t8-/m0/s1. The van der Waals surface area contributed by atoms with Crippen LogP contribution in [-0.4, -0.2) is 34.2 Å². The molecule has 2 amide bonds. The van der Waals surface area contributed by atoms with E-state index in [1.54, 1.807) is 18.7 Å². The van der Waals surface area contributed by atoms with Crippen molar-refractivity contribution >= 4 is 6.03 Å². The second-order valence-electron chi connectivity index (χ2n) is 4.74. The number of urea groups is 1. The third kappa shape index (κ3) is 3.22. The Balaban J connectivity index is 1.86. The number of nitrogens with one attached hydrogen (secondary N) is 1. The third-order valence-corrected chi connectivity index (χ3v) is 3.22. The van der Waals surface area contributed by atoms with E-state index in [1.165, 1.54) is 0 Å². The smallest absolute Gasteiger partial charge is 0.318 e. The van der Waals surface area contributed by atoms with Gasteiger partial charge in [-0.2, -0.15) is 10.2 Å². The molecule has 19 heavy (non-hydrogen) atoms. The van der Waals surface area contributed by atoms with Gasteiger partial charge in [0, 0.05) is 19.0 Å². The van der Waals surface area contributed by atoms with Crippen LogP contribution >= 0.6 is 0 Å². The highest BCUT2D eigenvalue weighted by atomic mass is 16.5. The minimum Gasteiger partial charge on any atom is -0.337 e. The van der Waals surface area contributed by atoms with Crippen LogP contribution in [-0.2, 0) is 0 Å². The highest BCUT2D eigenvalue weighted by Gasteiger charge is 2.24. The molecule has 0 aromatic carbocycles. The molecule has 0 aliphatic carbocycles. The molecule has 7 nitrogen and oxygen atoms in total. The number of nitriles is 1. The average molecular weight is 263 g/mol. The first kappa shape index (κ1) is 13.3. The van der Waals surface area contributed by atoms with Crippen LogP contribution in [0, 0.1) is 24.2 Å². The van der Waals surface area contributed by atoms with Crippen molar-refractivity contribution in [1.82, 2.24) is 20.4 Å². The number of hydrogen-bond donors (Lipinski definition) is 1. The van der Waals surface area contributed by atoms with Crippen LogP contribution in [0.15, 0.2) is 4.52 Å². The lowest BCUT2D eigenvalue weighted by molar-refractivity contribution is 0.173. The van der Waals surface area contributed by atoms with Gasteiger partial charge in [0.15, 0.2) is 5.82 Å². The van der Waals surface area contributed by atoms with Gasteiger partial charge in [-0.3, -0.25) is 0 Å². The van der Waals surface area contributed by atoms with Gasteiger partial charge in [0.05, 0.1) is 6.07 Å². The molecule has 7 heteroatoms. The summed E-state index contributed by atoms with van der Waals surface area (Å²) in [4.78, 5) is 17.8. The van der Waals surface area contributed by atoms with Crippen LogP contribution in [0.5, 0.6) is 0 Å². The molecule has 1 atom stereocenters. The molecule has 1 aromatic heterocycles. The Morgan fingerprint density at radius 1 is 1.58 bits per heavy atom. The summed E-state index contributed by atoms with van der Waals surface area (Å²) in [7, 11) is 0. The van der Waals surface area contributed by atoms with E-state index < -0.39 is 0 Å². The molecule has 1 saturated heterocycles. The molecule has 1 aliphatic heterocycles. The topological polar surface area (TPSA) is 95.0 Å². The summed E-state index contributed by atoms with van der Waals surface area (Å²) >= 11 is 0. The zero-order valence-corrected chi connectivity index (χ0v) is 11.1. The van der Waals surface area contributed by atoms with Crippen molar-refractivity contribution in [2.75, 3.05) is 13.1 Å². The normalized spacial score (nSPS) is 17.8. The second kappa shape index (κ2) is 5.69. The van der Waals surface area contributed by atoms with Crippen LogP contribution in [0.1, 0.15) is 37.5 Å². The van der Waals surface area contributed by atoms with Gasteiger partial charge in [0.25, 0.3) is 0 Å². The van der Waals surface area contributed by atoms with Gasteiger partial charge in [0.1, 0.15) is 6.04 Å². The molecule has 102 valence electrons. The maximum absolute atomic E-state index is 12.0. The van der Waals surface area contributed by atoms with Gasteiger partial charge < -0.3 is 14.7 Å². The van der Waals surface area contributed by atoms with Crippen LogP contribution in [0.3, 0.4) is 0 Å². The lowest BCUT2D eigenvalue weighted by Gasteiger charge is -2.29. The van der Waals surface area contributed by atoms with Gasteiger partial charge >= 0.3 is 6.03 Å². The number of amides is 2. The van der Waals surface area contributed by atoms with E-state index in [0.717, 1.165) is 12.8 Å². The number of rotatable bonds is 2. The van der Waals surface area contributed by atoms with Gasteiger partial charge in [0.2, 0.25) is 5.89 Å². The lowest BCUT2D eigenvalue weighted by Crippen LogP contribution is -2.45. The van der Waals surface area contributed by atoms with Gasteiger partial charge in [-0.1, -0.05) is 5.16 Å². The second-order valence-corrected chi connectivity index (χ2v) is 4.74. The fourth-order valence-corrected chi connectivity index (χ4v) is 2.04. The maximum Gasteiger partial charge on any atom is 0.318 e. The molecule has 2 heterocycles. The van der Waals surface area contributed by atoms with Crippen LogP contribution in [0.2, 0.25) is 0 Å². The fraction of sp³-hybridized carbons (Fsp3) is 0.667. The van der Waals surface area contributed by atoms with Crippen molar-refractivity contribution < 1.29 is 9.32 Å². The zero-order chi connectivity index (χ0) is 13.8. The highest BCUT2D eigenvalue weighted by Crippen LogP contribution is 2.17. The van der Waals surface area contributed by atoms with Crippen molar-refractivity contribution in [2.45, 2.75) is 32.7 Å². The van der Waals surface area contributed by atoms with Gasteiger partial charge in [-0.05, 0) is 26.7 Å². The molecule has 0 radical (unpaired) electrons. The predicted molar refractivity (Wildman–Crippen MR) is 65.9 cm³/mol. The molecule has 0 spiro atoms. The lowest BCUT2D eigenvalue weighted by atomic mass is 9.99. The molecular formula is C12H17N5O2. The maximum atomic E-state index is 12.0. The fourth-order valence-electron chi connectivity index (χ4n) is 2.04. The van der Waals surface area contributed by atoms with E-state index in [4.69, 9.17) is 9.78 Å². The number of aryl methyl sites for hydroxylation is 1. The van der Waals surface area contributed by atoms with Crippen LogP contribution < -0.4 is 5.32 Å². The summed E-state index contributed by atoms with van der Waals surface area (Å²) < 4.78 is 5.01. The Hall–Kier alpha value is -2.10. The van der Waals surface area contributed by atoms with Gasteiger partial charge in [-0.15, -0.1) is 0 Å². The summed E-state index contributed by atoms with van der Waals surface area (Å²) in [6.07, 6.45) is 1.47. The molecule has 0 bridgehead atoms. The SMILES string of the molecule is Cc1noc([C@H](C)NC(=O)N2CCC(C#N)CC2)n1. The number of carbonyl (C=O) groups is 1. The zero-order valence-electron chi connectivity index (χ0n) is 11.1. The monoisotopic (exact) mass is 263 g/mol. The summed E-state index contributed by atoms with van der Waals surface area (Å²) in [6.45, 7) is 4.75. The molecule has 0 unspecified atom stereocenters. The first-order valence-electron chi connectivity index (χ1n) is 6.35. The Morgan fingerprint density at radius 3 is 2.79 bits per heavy atom. The number of piperidine rings is 1. The highest BCUT2D eigenvalue weighted by molar-refractivity contribution is 5.74. The van der Waals surface area contributed by atoms with E-state index in [2.05, 4.69) is 21.5 Å². The summed E-state index contributed by atoms with van der Waals surface area (Å²) in [6, 6.07) is 1.77. The van der Waals surface area contributed by atoms with Crippen LogP contribution in [0.4, 0.5) is 4.79 Å². The Labute approximate surface area is 111 Å². The minimum absolute atomic E-state index is 0.0695. The number of nitrogens with zero attached hydrogens (tertiary/aromatic N) is 4. The summed E-state index contributed by atoms with van der Waals surface area (Å²) in [5, 5.41) is 15.3. The largest absolute Gasteiger partial charge is 0.337 e. The van der Waals surface area contributed by atoms with Crippen molar-refractivity contribution in [3.63, 3.8) is 0 Å². The number of aromatic nitrogens is 2. The van der Waals surface area contributed by atoms with Crippen molar-refractivity contribution in [2.24, 2.45) is 5.92 Å². The minimum atomic E-state index is -0.317. The number of carbonyl (C=O) groups excluding carboxylic acids is 1. The molecule has 1 aliphatic rings. The summed E-state index contributed by atoms with van der Waals surface area (Å²) in [5.41, 5.74) is 0. The van der Waals surface area contributed by atoms with Crippen molar-refractivity contribution in [3.05, 3.63) is 11.7 Å². The Morgan fingerprint density at radius 2 is 2.26 bits per heavy atom. The quantitative estimate of drug-likeness (QED) is 0.869. The number of likely N-dealkylation sites (tertiary alicyclic amines) is 1. The van der Waals surface area contributed by atoms with E-state index in [9.17, 15) is 4.79 Å². The molecule has 1 N–H and O–H groups in total. The summed E-state index contributed by atoms with van der Waals surface area (Å²) in [5.74, 6) is 1.02. The predicted octanol–water partition coefficient (Wildman–Crippen LogP) is 1.38. The van der Waals surface area contributed by atoms with Gasteiger partial charge in [-0.25, -0.2) is 4.79 Å². The molecule has 0 saturated carbocycles. The van der Waals surface area contributed by atoms with Crippen molar-refractivity contribution in [3.8, 4) is 6.07 Å². The first-order valence-corrected chi connectivity index (χ1v) is 6.35. The van der Waals surface area contributed by atoms with E-state index in [0.29, 0.717) is 24.8 Å². The Kier molecular flexibility index (Phi) is 4.00. The van der Waals surface area contributed by atoms with Crippen LogP contribution in [0.25, 0.3) is 0 Å². The Bertz CT molecular complexity index is 485. The third-order valence-electron chi connectivity index (χ3n) is 3.22.